The van der Waals surface area contributed by atoms with Gasteiger partial charge in [0.1, 0.15) is 5.82 Å². The van der Waals surface area contributed by atoms with E-state index in [1.165, 1.54) is 27.6 Å². The van der Waals surface area contributed by atoms with Crippen LogP contribution in [0.2, 0.25) is 0 Å². The Morgan fingerprint density at radius 3 is 2.22 bits per heavy atom. The standard InChI is InChI=1S/C19H22FN3O2S2/c1-14-3-6-17(13-15(14)2)21-19(26)22-9-11-23(12-10-22)27(24,25)18-7-4-16(20)5-8-18/h3-8,13H,9-12H2,1-2H3,(H,21,26). The molecule has 2 aromatic carbocycles. The predicted molar refractivity (Wildman–Crippen MR) is 109 cm³/mol. The topological polar surface area (TPSA) is 52.6 Å². The van der Waals surface area contributed by atoms with E-state index in [4.69, 9.17) is 12.2 Å². The number of thiocarbonyl (C=S) groups is 1. The lowest BCUT2D eigenvalue weighted by Gasteiger charge is -2.35. The largest absolute Gasteiger partial charge is 0.346 e. The fourth-order valence-corrected chi connectivity index (χ4v) is 4.63. The first-order valence-corrected chi connectivity index (χ1v) is 10.5. The van der Waals surface area contributed by atoms with Gasteiger partial charge in [0.2, 0.25) is 10.0 Å². The van der Waals surface area contributed by atoms with Crippen molar-refractivity contribution in [2.24, 2.45) is 0 Å². The lowest BCUT2D eigenvalue weighted by atomic mass is 10.1. The molecule has 0 aromatic heterocycles. The van der Waals surface area contributed by atoms with Gasteiger partial charge in [-0.25, -0.2) is 12.8 Å². The molecule has 0 saturated carbocycles. The molecule has 0 amide bonds. The number of rotatable bonds is 3. The molecule has 2 aromatic rings. The molecule has 0 aliphatic carbocycles. The molecule has 0 radical (unpaired) electrons. The number of aryl methyl sites for hydroxylation is 2. The summed E-state index contributed by atoms with van der Waals surface area (Å²) in [5.41, 5.74) is 3.31. The molecule has 27 heavy (non-hydrogen) atoms. The van der Waals surface area contributed by atoms with E-state index in [2.05, 4.69) is 12.2 Å². The summed E-state index contributed by atoms with van der Waals surface area (Å²) in [6, 6.07) is 11.0. The van der Waals surface area contributed by atoms with Crippen molar-refractivity contribution in [2.75, 3.05) is 31.5 Å². The van der Waals surface area contributed by atoms with Crippen molar-refractivity contribution in [1.29, 1.82) is 0 Å². The zero-order chi connectivity index (χ0) is 19.6. The van der Waals surface area contributed by atoms with Crippen LogP contribution in [0.3, 0.4) is 0 Å². The number of halogens is 1. The average molecular weight is 408 g/mol. The molecule has 1 aliphatic rings. The maximum Gasteiger partial charge on any atom is 0.243 e. The molecular formula is C19H22FN3O2S2. The minimum atomic E-state index is -3.62. The Bertz CT molecular complexity index is 938. The van der Waals surface area contributed by atoms with E-state index in [0.717, 1.165) is 17.8 Å². The van der Waals surface area contributed by atoms with Crippen molar-refractivity contribution in [2.45, 2.75) is 18.7 Å². The minimum absolute atomic E-state index is 0.105. The van der Waals surface area contributed by atoms with Crippen LogP contribution in [0.5, 0.6) is 0 Å². The molecule has 0 atom stereocenters. The van der Waals surface area contributed by atoms with Gasteiger partial charge in [0.15, 0.2) is 5.11 Å². The SMILES string of the molecule is Cc1ccc(NC(=S)N2CCN(S(=O)(=O)c3ccc(F)cc3)CC2)cc1C. The Morgan fingerprint density at radius 1 is 1.00 bits per heavy atom. The van der Waals surface area contributed by atoms with Gasteiger partial charge < -0.3 is 10.2 Å². The van der Waals surface area contributed by atoms with Gasteiger partial charge >= 0.3 is 0 Å². The highest BCUT2D eigenvalue weighted by atomic mass is 32.2. The maximum atomic E-state index is 13.0. The van der Waals surface area contributed by atoms with Crippen LogP contribution < -0.4 is 5.32 Å². The number of anilines is 1. The summed E-state index contributed by atoms with van der Waals surface area (Å²) >= 11 is 5.48. The van der Waals surface area contributed by atoms with Crippen molar-refractivity contribution >= 4 is 33.0 Å². The van der Waals surface area contributed by atoms with E-state index >= 15 is 0 Å². The number of hydrogen-bond donors (Lipinski definition) is 1. The molecule has 1 fully saturated rings. The highest BCUT2D eigenvalue weighted by Crippen LogP contribution is 2.19. The normalized spacial score (nSPS) is 15.6. The highest BCUT2D eigenvalue weighted by Gasteiger charge is 2.29. The van der Waals surface area contributed by atoms with E-state index in [1.54, 1.807) is 0 Å². The van der Waals surface area contributed by atoms with Crippen LogP contribution in [0.1, 0.15) is 11.1 Å². The first kappa shape index (κ1) is 19.7. The smallest absolute Gasteiger partial charge is 0.243 e. The van der Waals surface area contributed by atoms with Gasteiger partial charge in [0.05, 0.1) is 4.90 Å². The second kappa shape index (κ2) is 7.92. The maximum absolute atomic E-state index is 13.0. The van der Waals surface area contributed by atoms with Crippen molar-refractivity contribution in [3.8, 4) is 0 Å². The number of sulfonamides is 1. The first-order chi connectivity index (χ1) is 12.8. The van der Waals surface area contributed by atoms with Crippen molar-refractivity contribution in [1.82, 2.24) is 9.21 Å². The molecule has 0 bridgehead atoms. The predicted octanol–water partition coefficient (Wildman–Crippen LogP) is 3.15. The van der Waals surface area contributed by atoms with E-state index < -0.39 is 15.8 Å². The van der Waals surface area contributed by atoms with E-state index in [-0.39, 0.29) is 4.90 Å². The zero-order valence-electron chi connectivity index (χ0n) is 15.3. The van der Waals surface area contributed by atoms with Crippen molar-refractivity contribution in [3.05, 3.63) is 59.4 Å². The van der Waals surface area contributed by atoms with Gasteiger partial charge in [-0.1, -0.05) is 6.07 Å². The third-order valence-electron chi connectivity index (χ3n) is 4.74. The van der Waals surface area contributed by atoms with Crippen LogP contribution in [-0.2, 0) is 10.0 Å². The number of nitrogens with one attached hydrogen (secondary N) is 1. The van der Waals surface area contributed by atoms with E-state index in [1.807, 2.05) is 30.0 Å². The van der Waals surface area contributed by atoms with Crippen LogP contribution in [0, 0.1) is 19.7 Å². The van der Waals surface area contributed by atoms with Crippen LogP contribution in [-0.4, -0.2) is 48.9 Å². The number of piperazine rings is 1. The quantitative estimate of drug-likeness (QED) is 0.793. The molecular weight excluding hydrogens is 385 g/mol. The van der Waals surface area contributed by atoms with Gasteiger partial charge in [-0.05, 0) is 73.6 Å². The Balaban J connectivity index is 1.61. The molecule has 5 nitrogen and oxygen atoms in total. The fourth-order valence-electron chi connectivity index (χ4n) is 2.91. The number of benzene rings is 2. The summed E-state index contributed by atoms with van der Waals surface area (Å²) in [6.07, 6.45) is 0. The second-order valence-electron chi connectivity index (χ2n) is 6.57. The molecule has 3 rings (SSSR count). The average Bonchev–Trinajstić information content (AvgIpc) is 2.65. The Morgan fingerprint density at radius 2 is 1.63 bits per heavy atom. The molecule has 1 N–H and O–H groups in total. The minimum Gasteiger partial charge on any atom is -0.346 e. The Kier molecular flexibility index (Phi) is 5.78. The monoisotopic (exact) mass is 407 g/mol. The number of nitrogens with zero attached hydrogens (tertiary/aromatic N) is 2. The molecule has 0 unspecified atom stereocenters. The number of hydrogen-bond acceptors (Lipinski definition) is 3. The van der Waals surface area contributed by atoms with Crippen LogP contribution in [0.4, 0.5) is 10.1 Å². The molecule has 0 spiro atoms. The molecule has 1 saturated heterocycles. The third-order valence-corrected chi connectivity index (χ3v) is 7.01. The fraction of sp³-hybridized carbons (Fsp3) is 0.316. The van der Waals surface area contributed by atoms with Gasteiger partial charge in [0.25, 0.3) is 0 Å². The second-order valence-corrected chi connectivity index (χ2v) is 8.90. The lowest BCUT2D eigenvalue weighted by Crippen LogP contribution is -2.51. The third kappa shape index (κ3) is 4.45. The zero-order valence-corrected chi connectivity index (χ0v) is 16.9. The molecule has 8 heteroatoms. The molecule has 1 heterocycles. The summed E-state index contributed by atoms with van der Waals surface area (Å²) in [7, 11) is -3.62. The Hall–Kier alpha value is -2.03. The van der Waals surface area contributed by atoms with E-state index in [0.29, 0.717) is 31.3 Å². The highest BCUT2D eigenvalue weighted by molar-refractivity contribution is 7.89. The van der Waals surface area contributed by atoms with Crippen LogP contribution in [0.15, 0.2) is 47.4 Å². The first-order valence-electron chi connectivity index (χ1n) is 8.66. The summed E-state index contributed by atoms with van der Waals surface area (Å²) < 4.78 is 39.8. The van der Waals surface area contributed by atoms with Gasteiger partial charge in [-0.15, -0.1) is 0 Å². The Labute approximate surface area is 164 Å². The van der Waals surface area contributed by atoms with Crippen LogP contribution in [0.25, 0.3) is 0 Å². The molecule has 144 valence electrons. The molecule has 1 aliphatic heterocycles. The van der Waals surface area contributed by atoms with Crippen molar-refractivity contribution in [3.63, 3.8) is 0 Å². The van der Waals surface area contributed by atoms with Crippen LogP contribution >= 0.6 is 12.2 Å². The van der Waals surface area contributed by atoms with Gasteiger partial charge in [-0.3, -0.25) is 0 Å². The summed E-state index contributed by atoms with van der Waals surface area (Å²) in [5, 5.41) is 3.80. The summed E-state index contributed by atoms with van der Waals surface area (Å²) in [5.74, 6) is -0.457. The summed E-state index contributed by atoms with van der Waals surface area (Å²) in [4.78, 5) is 2.06. The summed E-state index contributed by atoms with van der Waals surface area (Å²) in [6.45, 7) is 5.75. The van der Waals surface area contributed by atoms with E-state index in [9.17, 15) is 12.8 Å². The van der Waals surface area contributed by atoms with Crippen molar-refractivity contribution < 1.29 is 12.8 Å². The van der Waals surface area contributed by atoms with Gasteiger partial charge in [0, 0.05) is 31.9 Å². The van der Waals surface area contributed by atoms with Gasteiger partial charge in [-0.2, -0.15) is 4.31 Å². The lowest BCUT2D eigenvalue weighted by molar-refractivity contribution is 0.268.